The molecule has 1 aromatic carbocycles. The molecule has 4 rings (SSSR count). The van der Waals surface area contributed by atoms with Crippen LogP contribution in [0.3, 0.4) is 0 Å². The summed E-state index contributed by atoms with van der Waals surface area (Å²) in [5, 5.41) is 14.4. The molecule has 0 bridgehead atoms. The summed E-state index contributed by atoms with van der Waals surface area (Å²) in [5.41, 5.74) is 3.65. The van der Waals surface area contributed by atoms with Gasteiger partial charge in [-0.2, -0.15) is 5.10 Å². The number of nitrogens with one attached hydrogen (secondary N) is 1. The third kappa shape index (κ3) is 3.05. The highest BCUT2D eigenvalue weighted by molar-refractivity contribution is 6.39. The Labute approximate surface area is 144 Å². The van der Waals surface area contributed by atoms with Crippen molar-refractivity contribution in [2.24, 2.45) is 5.10 Å². The van der Waals surface area contributed by atoms with Crippen LogP contribution < -0.4 is 14.9 Å². The summed E-state index contributed by atoms with van der Waals surface area (Å²) in [5.74, 6) is 0.937. The normalized spacial score (nSPS) is 25.4. The molecule has 0 radical (unpaired) electrons. The molecule has 2 amide bonds. The van der Waals surface area contributed by atoms with Gasteiger partial charge in [-0.1, -0.05) is 6.07 Å². The molecule has 0 aromatic heterocycles. The zero-order chi connectivity index (χ0) is 17.4. The Morgan fingerprint density at radius 2 is 2.12 bits per heavy atom. The van der Waals surface area contributed by atoms with Gasteiger partial charge in [-0.3, -0.25) is 9.59 Å². The van der Waals surface area contributed by atoms with Gasteiger partial charge < -0.3 is 19.5 Å². The van der Waals surface area contributed by atoms with Crippen molar-refractivity contribution in [1.29, 1.82) is 0 Å². The number of β-amino-alcohol motifs (C(OH)–C–C–N with tert-alkyl or cyclic N) is 1. The largest absolute Gasteiger partial charge is 0.454 e. The second kappa shape index (κ2) is 6.36. The van der Waals surface area contributed by atoms with Gasteiger partial charge in [0.1, 0.15) is 5.71 Å². The average molecular weight is 345 g/mol. The van der Waals surface area contributed by atoms with E-state index in [1.165, 1.54) is 0 Å². The van der Waals surface area contributed by atoms with E-state index in [0.29, 0.717) is 36.6 Å². The van der Waals surface area contributed by atoms with E-state index in [2.05, 4.69) is 10.5 Å². The van der Waals surface area contributed by atoms with E-state index in [9.17, 15) is 14.7 Å². The van der Waals surface area contributed by atoms with Gasteiger partial charge in [0.2, 0.25) is 12.7 Å². The molecular formula is C17H19N3O5. The molecule has 3 aliphatic rings. The zero-order valence-corrected chi connectivity index (χ0v) is 13.6. The van der Waals surface area contributed by atoms with Crippen LogP contribution >= 0.6 is 0 Å². The van der Waals surface area contributed by atoms with Crippen molar-refractivity contribution in [1.82, 2.24) is 10.3 Å². The monoisotopic (exact) mass is 345 g/mol. The van der Waals surface area contributed by atoms with Crippen molar-refractivity contribution in [3.63, 3.8) is 0 Å². The van der Waals surface area contributed by atoms with E-state index in [1.54, 1.807) is 4.90 Å². The predicted octanol–water partition coefficient (Wildman–Crippen LogP) is 0.358. The van der Waals surface area contributed by atoms with Crippen molar-refractivity contribution in [2.75, 3.05) is 19.9 Å². The predicted molar refractivity (Wildman–Crippen MR) is 87.3 cm³/mol. The summed E-state index contributed by atoms with van der Waals surface area (Å²) < 4.78 is 10.7. The maximum atomic E-state index is 12.5. The number of hydrogen-bond acceptors (Lipinski definition) is 6. The molecule has 0 unspecified atom stereocenters. The number of carbonyl (C=O) groups is 2. The third-order valence-corrected chi connectivity index (χ3v) is 4.85. The van der Waals surface area contributed by atoms with Crippen LogP contribution in [0.4, 0.5) is 0 Å². The summed E-state index contributed by atoms with van der Waals surface area (Å²) in [4.78, 5) is 25.2. The van der Waals surface area contributed by atoms with Gasteiger partial charge in [0.25, 0.3) is 5.91 Å². The van der Waals surface area contributed by atoms with E-state index >= 15 is 0 Å². The molecule has 3 aliphatic heterocycles. The highest BCUT2D eigenvalue weighted by Crippen LogP contribution is 2.37. The molecular weight excluding hydrogens is 326 g/mol. The maximum absolute atomic E-state index is 12.5. The van der Waals surface area contributed by atoms with Crippen LogP contribution in [-0.4, -0.2) is 53.5 Å². The van der Waals surface area contributed by atoms with Crippen LogP contribution in [0, 0.1) is 0 Å². The van der Waals surface area contributed by atoms with Crippen LogP contribution in [0.5, 0.6) is 11.5 Å². The lowest BCUT2D eigenvalue weighted by Gasteiger charge is -2.36. The third-order valence-electron chi connectivity index (χ3n) is 4.85. The topological polar surface area (TPSA) is 100 Å². The van der Waals surface area contributed by atoms with E-state index in [0.717, 1.165) is 5.56 Å². The summed E-state index contributed by atoms with van der Waals surface area (Å²) in [6.45, 7) is 0.986. The molecule has 25 heavy (non-hydrogen) atoms. The van der Waals surface area contributed by atoms with Gasteiger partial charge >= 0.3 is 0 Å². The fourth-order valence-electron chi connectivity index (χ4n) is 3.46. The molecule has 1 aromatic rings. The number of benzene rings is 1. The second-order valence-corrected chi connectivity index (χ2v) is 6.42. The zero-order valence-electron chi connectivity index (χ0n) is 13.6. The number of aliphatic hydroxyl groups is 1. The molecule has 0 aliphatic carbocycles. The minimum absolute atomic E-state index is 0.0634. The fraction of sp³-hybridized carbons (Fsp3) is 0.471. The van der Waals surface area contributed by atoms with Crippen LogP contribution in [0.1, 0.15) is 30.7 Å². The quantitative estimate of drug-likeness (QED) is 0.806. The Kier molecular flexibility index (Phi) is 4.04. The first-order valence-corrected chi connectivity index (χ1v) is 8.34. The van der Waals surface area contributed by atoms with Gasteiger partial charge in [0.15, 0.2) is 11.5 Å². The molecule has 3 heterocycles. The first-order valence-electron chi connectivity index (χ1n) is 8.34. The molecule has 1 saturated heterocycles. The van der Waals surface area contributed by atoms with Crippen molar-refractivity contribution >= 4 is 17.5 Å². The molecule has 8 heteroatoms. The highest BCUT2D eigenvalue weighted by atomic mass is 16.7. The first kappa shape index (κ1) is 15.9. The Hall–Kier alpha value is -2.61. The number of hydrazone groups is 1. The van der Waals surface area contributed by atoms with E-state index < -0.39 is 6.10 Å². The van der Waals surface area contributed by atoms with Crippen LogP contribution in [0.2, 0.25) is 0 Å². The number of fused-ring (bicyclic) bond motifs is 1. The van der Waals surface area contributed by atoms with Crippen LogP contribution in [0.25, 0.3) is 0 Å². The average Bonchev–Trinajstić information content (AvgIpc) is 3.09. The Bertz CT molecular complexity index is 748. The minimum Gasteiger partial charge on any atom is -0.454 e. The summed E-state index contributed by atoms with van der Waals surface area (Å²) in [6.07, 6.45) is 0.576. The van der Waals surface area contributed by atoms with E-state index in [4.69, 9.17) is 9.47 Å². The number of rotatable bonds is 2. The first-order chi connectivity index (χ1) is 12.1. The maximum Gasteiger partial charge on any atom is 0.270 e. The number of hydrogen-bond donors (Lipinski definition) is 2. The lowest BCUT2D eigenvalue weighted by Crippen LogP contribution is -2.49. The summed E-state index contributed by atoms with van der Waals surface area (Å²) >= 11 is 0. The Balaban J connectivity index is 1.44. The van der Waals surface area contributed by atoms with Crippen LogP contribution in [0.15, 0.2) is 23.3 Å². The van der Waals surface area contributed by atoms with Crippen molar-refractivity contribution in [2.45, 2.75) is 31.3 Å². The Morgan fingerprint density at radius 1 is 1.28 bits per heavy atom. The fourth-order valence-corrected chi connectivity index (χ4v) is 3.46. The number of likely N-dealkylation sites (tertiary alicyclic amines) is 1. The lowest BCUT2D eigenvalue weighted by molar-refractivity contribution is -0.127. The number of carbonyl (C=O) groups excluding carboxylic acids is 2. The standard InChI is InChI=1S/C17H19N3O5/c21-13-8-20(17(23)12-2-4-16(22)19-18-12)6-5-11(13)10-1-3-14-15(7-10)25-9-24-14/h1,3,7,11,13,21H,2,4-6,8-9H2,(H,19,22)/t11-,13+/m0/s1. The molecule has 0 spiro atoms. The SMILES string of the molecule is O=C1CCC(C(=O)N2CC[C@@H](c3ccc4c(c3)OCO4)[C@H](O)C2)=NN1. The summed E-state index contributed by atoms with van der Waals surface area (Å²) in [7, 11) is 0. The molecule has 8 nitrogen and oxygen atoms in total. The highest BCUT2D eigenvalue weighted by Gasteiger charge is 2.34. The van der Waals surface area contributed by atoms with E-state index in [1.807, 2.05) is 18.2 Å². The molecule has 0 saturated carbocycles. The Morgan fingerprint density at radius 3 is 2.88 bits per heavy atom. The van der Waals surface area contributed by atoms with Gasteiger partial charge in [-0.15, -0.1) is 0 Å². The van der Waals surface area contributed by atoms with Crippen LogP contribution in [-0.2, 0) is 9.59 Å². The van der Waals surface area contributed by atoms with Crippen molar-refractivity contribution in [3.8, 4) is 11.5 Å². The number of ether oxygens (including phenoxy) is 2. The summed E-state index contributed by atoms with van der Waals surface area (Å²) in [6, 6.07) is 5.68. The van der Waals surface area contributed by atoms with Crippen molar-refractivity contribution < 1.29 is 24.2 Å². The lowest BCUT2D eigenvalue weighted by atomic mass is 9.86. The van der Waals surface area contributed by atoms with Gasteiger partial charge in [-0.05, 0) is 24.1 Å². The molecule has 132 valence electrons. The number of amides is 2. The van der Waals surface area contributed by atoms with E-state index in [-0.39, 0.29) is 37.5 Å². The molecule has 1 fully saturated rings. The molecule has 2 atom stereocenters. The molecule has 2 N–H and O–H groups in total. The second-order valence-electron chi connectivity index (χ2n) is 6.42. The van der Waals surface area contributed by atoms with Gasteiger partial charge in [0.05, 0.1) is 6.10 Å². The smallest absolute Gasteiger partial charge is 0.270 e. The number of piperidine rings is 1. The van der Waals surface area contributed by atoms with Gasteiger partial charge in [0, 0.05) is 31.8 Å². The number of nitrogens with zero attached hydrogens (tertiary/aromatic N) is 2. The van der Waals surface area contributed by atoms with Crippen molar-refractivity contribution in [3.05, 3.63) is 23.8 Å². The minimum atomic E-state index is -0.670. The number of aliphatic hydroxyl groups excluding tert-OH is 1. The van der Waals surface area contributed by atoms with Gasteiger partial charge in [-0.25, -0.2) is 5.43 Å².